The third-order valence-corrected chi connectivity index (χ3v) is 8.19. The highest BCUT2D eigenvalue weighted by atomic mass is 35.5. The van der Waals surface area contributed by atoms with Crippen molar-refractivity contribution in [1.82, 2.24) is 9.47 Å². The van der Waals surface area contributed by atoms with Crippen LogP contribution in [0, 0.1) is 5.92 Å². The van der Waals surface area contributed by atoms with Gasteiger partial charge in [0.2, 0.25) is 0 Å². The molecule has 8 heteroatoms. The molecule has 4 heterocycles. The number of amides is 2. The zero-order valence-corrected chi connectivity index (χ0v) is 21.5. The number of pyridine rings is 1. The largest absolute Gasteiger partial charge is 0.370 e. The molecule has 0 unspecified atom stereocenters. The number of likely N-dealkylation sites (tertiary alicyclic amines) is 1. The van der Waals surface area contributed by atoms with E-state index in [1.165, 1.54) is 10.5 Å². The van der Waals surface area contributed by atoms with Crippen LogP contribution in [0.3, 0.4) is 0 Å². The van der Waals surface area contributed by atoms with E-state index >= 15 is 0 Å². The summed E-state index contributed by atoms with van der Waals surface area (Å²) in [6.07, 6.45) is 1.00. The average Bonchev–Trinajstić information content (AvgIpc) is 2.91. The smallest absolute Gasteiger partial charge is 0.321 e. The van der Waals surface area contributed by atoms with Crippen LogP contribution in [0.25, 0.3) is 11.1 Å². The molecular formula is C29H32ClN4O3+. The molecule has 37 heavy (non-hydrogen) atoms. The third-order valence-electron chi connectivity index (χ3n) is 7.93. The van der Waals surface area contributed by atoms with Crippen LogP contribution in [-0.4, -0.2) is 54.9 Å². The number of hydrogen-bond donors (Lipinski definition) is 2. The Hall–Kier alpha value is -3.13. The number of fused-ring (bicyclic) bond motifs is 4. The van der Waals surface area contributed by atoms with Crippen molar-refractivity contribution in [3.63, 3.8) is 0 Å². The highest BCUT2D eigenvalue weighted by Crippen LogP contribution is 2.36. The molecule has 2 fully saturated rings. The first-order chi connectivity index (χ1) is 18.0. The van der Waals surface area contributed by atoms with E-state index in [2.05, 4.69) is 29.6 Å². The first-order valence-corrected chi connectivity index (χ1v) is 13.5. The SMILES string of the molecule is O=C(Nc1ccc(Cl)cc1)N1C[C@@H]2C[C@H](C1)c1ccc(-c3ccccc3C[NH+]3CCOCC3)c(=O)n1C2. The summed E-state index contributed by atoms with van der Waals surface area (Å²) < 4.78 is 7.49. The van der Waals surface area contributed by atoms with Crippen LogP contribution in [0.15, 0.2) is 65.5 Å². The Kier molecular flexibility index (Phi) is 6.76. The molecule has 1 aromatic heterocycles. The molecular weight excluding hydrogens is 488 g/mol. The lowest BCUT2D eigenvalue weighted by molar-refractivity contribution is -0.921. The minimum absolute atomic E-state index is 0.0793. The Morgan fingerprint density at radius 1 is 0.973 bits per heavy atom. The number of anilines is 1. The van der Waals surface area contributed by atoms with E-state index in [1.807, 2.05) is 21.6 Å². The second kappa shape index (κ2) is 10.3. The minimum atomic E-state index is -0.107. The molecule has 2 aromatic carbocycles. The maximum Gasteiger partial charge on any atom is 0.321 e. The number of piperidine rings is 1. The molecule has 2 bridgehead atoms. The van der Waals surface area contributed by atoms with Crippen LogP contribution in [0.1, 0.15) is 23.6 Å². The Morgan fingerprint density at radius 2 is 1.76 bits per heavy atom. The van der Waals surface area contributed by atoms with E-state index in [4.69, 9.17) is 16.3 Å². The van der Waals surface area contributed by atoms with Gasteiger partial charge in [0.25, 0.3) is 5.56 Å². The molecule has 2 atom stereocenters. The van der Waals surface area contributed by atoms with Crippen molar-refractivity contribution >= 4 is 23.3 Å². The molecule has 3 aliphatic heterocycles. The number of urea groups is 1. The fraction of sp³-hybridized carbons (Fsp3) is 0.379. The molecule has 3 aliphatic rings. The van der Waals surface area contributed by atoms with Crippen LogP contribution in [0.5, 0.6) is 0 Å². The number of nitrogens with one attached hydrogen (secondary N) is 2. The van der Waals surface area contributed by atoms with Crippen molar-refractivity contribution in [2.75, 3.05) is 44.7 Å². The highest BCUT2D eigenvalue weighted by molar-refractivity contribution is 6.30. The minimum Gasteiger partial charge on any atom is -0.370 e. The summed E-state index contributed by atoms with van der Waals surface area (Å²) in [5.74, 6) is 0.404. The number of hydrogen-bond acceptors (Lipinski definition) is 3. The number of nitrogens with zero attached hydrogens (tertiary/aromatic N) is 2. The van der Waals surface area contributed by atoms with E-state index in [0.717, 1.165) is 61.8 Å². The lowest BCUT2D eigenvalue weighted by Crippen LogP contribution is -3.12. The Bertz CT molecular complexity index is 1350. The van der Waals surface area contributed by atoms with Gasteiger partial charge < -0.3 is 24.4 Å². The molecule has 0 saturated carbocycles. The summed E-state index contributed by atoms with van der Waals surface area (Å²) in [7, 11) is 0. The lowest BCUT2D eigenvalue weighted by atomic mass is 9.83. The van der Waals surface area contributed by atoms with Gasteiger partial charge in [0.1, 0.15) is 19.6 Å². The predicted molar refractivity (Wildman–Crippen MR) is 144 cm³/mol. The molecule has 7 nitrogen and oxygen atoms in total. The van der Waals surface area contributed by atoms with Gasteiger partial charge in [0.05, 0.1) is 13.2 Å². The first-order valence-electron chi connectivity index (χ1n) is 13.1. The van der Waals surface area contributed by atoms with Crippen LogP contribution in [0.4, 0.5) is 10.5 Å². The molecule has 192 valence electrons. The van der Waals surface area contributed by atoms with E-state index in [9.17, 15) is 9.59 Å². The molecule has 0 aliphatic carbocycles. The number of aromatic nitrogens is 1. The van der Waals surface area contributed by atoms with Crippen LogP contribution in [-0.2, 0) is 17.8 Å². The number of halogens is 1. The fourth-order valence-corrected chi connectivity index (χ4v) is 6.22. The van der Waals surface area contributed by atoms with Crippen molar-refractivity contribution in [3.8, 4) is 11.1 Å². The van der Waals surface area contributed by atoms with Crippen molar-refractivity contribution in [2.45, 2.75) is 25.4 Å². The summed E-state index contributed by atoms with van der Waals surface area (Å²) in [4.78, 5) is 30.2. The van der Waals surface area contributed by atoms with E-state index < -0.39 is 0 Å². The van der Waals surface area contributed by atoms with E-state index in [-0.39, 0.29) is 23.4 Å². The van der Waals surface area contributed by atoms with Gasteiger partial charge in [-0.2, -0.15) is 0 Å². The zero-order valence-electron chi connectivity index (χ0n) is 20.8. The maximum absolute atomic E-state index is 13.8. The van der Waals surface area contributed by atoms with Gasteiger partial charge in [0, 0.05) is 53.1 Å². The standard InChI is InChI=1S/C29H31ClN4O3/c30-23-5-7-24(8-6-23)31-29(36)33-16-20-15-22(19-33)27-10-9-26(28(35)34(27)17-20)25-4-2-1-3-21(25)18-32-11-13-37-14-12-32/h1-10,20,22H,11-19H2,(H,31,36)/p+1/t20-,22+/m0/s1. The van der Waals surface area contributed by atoms with Gasteiger partial charge in [-0.3, -0.25) is 4.79 Å². The maximum atomic E-state index is 13.8. The molecule has 0 radical (unpaired) electrons. The molecule has 2 N–H and O–H groups in total. The number of quaternary nitrogens is 1. The Balaban J connectivity index is 1.23. The summed E-state index contributed by atoms with van der Waals surface area (Å²) in [6, 6.07) is 19.4. The van der Waals surface area contributed by atoms with Gasteiger partial charge in [0.15, 0.2) is 0 Å². The van der Waals surface area contributed by atoms with Gasteiger partial charge in [-0.15, -0.1) is 0 Å². The van der Waals surface area contributed by atoms with Crippen molar-refractivity contribution in [1.29, 1.82) is 0 Å². The molecule has 2 saturated heterocycles. The third kappa shape index (κ3) is 5.04. The van der Waals surface area contributed by atoms with Crippen LogP contribution < -0.4 is 15.8 Å². The highest BCUT2D eigenvalue weighted by Gasteiger charge is 2.37. The van der Waals surface area contributed by atoms with Crippen LogP contribution >= 0.6 is 11.6 Å². The molecule has 2 amide bonds. The average molecular weight is 520 g/mol. The second-order valence-corrected chi connectivity index (χ2v) is 10.9. The van der Waals surface area contributed by atoms with Gasteiger partial charge in [-0.25, -0.2) is 4.79 Å². The fourth-order valence-electron chi connectivity index (χ4n) is 6.10. The summed E-state index contributed by atoms with van der Waals surface area (Å²) in [6.45, 7) is 6.33. The number of ether oxygens (including phenoxy) is 1. The molecule has 6 rings (SSSR count). The normalized spacial score (nSPS) is 21.4. The zero-order chi connectivity index (χ0) is 25.4. The Morgan fingerprint density at radius 3 is 2.57 bits per heavy atom. The first kappa shape index (κ1) is 24.2. The lowest BCUT2D eigenvalue weighted by Gasteiger charge is -2.42. The van der Waals surface area contributed by atoms with E-state index in [0.29, 0.717) is 24.7 Å². The van der Waals surface area contributed by atoms with Crippen LogP contribution in [0.2, 0.25) is 5.02 Å². The molecule has 0 spiro atoms. The topological polar surface area (TPSA) is 68.0 Å². The Labute approximate surface area is 221 Å². The van der Waals surface area contributed by atoms with Crippen molar-refractivity contribution in [2.24, 2.45) is 5.92 Å². The van der Waals surface area contributed by atoms with Crippen molar-refractivity contribution in [3.05, 3.63) is 87.3 Å². The van der Waals surface area contributed by atoms with Crippen molar-refractivity contribution < 1.29 is 14.4 Å². The summed E-state index contributed by atoms with van der Waals surface area (Å²) in [5, 5.41) is 3.62. The number of rotatable bonds is 4. The number of benzene rings is 2. The van der Waals surface area contributed by atoms with Gasteiger partial charge in [-0.05, 0) is 54.3 Å². The van der Waals surface area contributed by atoms with Gasteiger partial charge in [-0.1, -0.05) is 35.9 Å². The van der Waals surface area contributed by atoms with E-state index in [1.54, 1.807) is 24.3 Å². The quantitative estimate of drug-likeness (QED) is 0.556. The summed E-state index contributed by atoms with van der Waals surface area (Å²) in [5.41, 5.74) is 4.84. The number of carbonyl (C=O) groups excluding carboxylic acids is 1. The van der Waals surface area contributed by atoms with Gasteiger partial charge >= 0.3 is 6.03 Å². The predicted octanol–water partition coefficient (Wildman–Crippen LogP) is 3.24. The summed E-state index contributed by atoms with van der Waals surface area (Å²) >= 11 is 5.97. The number of morpholine rings is 1. The second-order valence-electron chi connectivity index (χ2n) is 10.4. The molecule has 3 aromatic rings. The number of carbonyl (C=O) groups is 1. The monoisotopic (exact) mass is 519 g/mol.